The van der Waals surface area contributed by atoms with Gasteiger partial charge in [0.1, 0.15) is 12.6 Å². The van der Waals surface area contributed by atoms with E-state index in [0.29, 0.717) is 12.1 Å². The summed E-state index contributed by atoms with van der Waals surface area (Å²) in [6.45, 7) is 9.39. The first-order chi connectivity index (χ1) is 16.0. The van der Waals surface area contributed by atoms with Gasteiger partial charge in [0.25, 0.3) is 0 Å². The highest BCUT2D eigenvalue weighted by Gasteiger charge is 2.32. The van der Waals surface area contributed by atoms with Crippen LogP contribution < -0.4 is 9.62 Å². The normalized spacial score (nSPS) is 13.1. The molecule has 8 heteroatoms. The van der Waals surface area contributed by atoms with Crippen LogP contribution in [0.2, 0.25) is 0 Å². The summed E-state index contributed by atoms with van der Waals surface area (Å²) >= 11 is 0. The molecule has 0 spiro atoms. The van der Waals surface area contributed by atoms with Crippen molar-refractivity contribution in [1.29, 1.82) is 0 Å². The SMILES string of the molecule is CCC(C)NC(=O)C(CC)N(Cc1ccccc1C)C(=O)CN(c1cccc(C)c1)S(C)(=O)=O. The molecule has 0 aromatic heterocycles. The number of sulfonamides is 1. The smallest absolute Gasteiger partial charge is 0.244 e. The molecule has 0 aliphatic rings. The number of nitrogens with zero attached hydrogens (tertiary/aromatic N) is 2. The summed E-state index contributed by atoms with van der Waals surface area (Å²) in [6, 6.07) is 13.9. The van der Waals surface area contributed by atoms with Crippen molar-refractivity contribution in [2.75, 3.05) is 17.1 Å². The average Bonchev–Trinajstić information content (AvgIpc) is 2.77. The molecule has 2 rings (SSSR count). The summed E-state index contributed by atoms with van der Waals surface area (Å²) in [7, 11) is -3.73. The number of amides is 2. The second-order valence-electron chi connectivity index (χ2n) is 8.80. The maximum Gasteiger partial charge on any atom is 0.244 e. The Balaban J connectivity index is 2.45. The van der Waals surface area contributed by atoms with Crippen LogP contribution in [-0.4, -0.2) is 50.0 Å². The van der Waals surface area contributed by atoms with Gasteiger partial charge in [-0.3, -0.25) is 13.9 Å². The van der Waals surface area contributed by atoms with E-state index in [1.807, 2.05) is 65.0 Å². The molecule has 0 aliphatic heterocycles. The van der Waals surface area contributed by atoms with Crippen LogP contribution in [0.1, 0.15) is 50.3 Å². The molecule has 2 amide bonds. The quantitative estimate of drug-likeness (QED) is 0.522. The third-order valence-electron chi connectivity index (χ3n) is 5.96. The predicted molar refractivity (Wildman–Crippen MR) is 137 cm³/mol. The van der Waals surface area contributed by atoms with Crippen LogP contribution in [0.5, 0.6) is 0 Å². The molecule has 0 bridgehead atoms. The third kappa shape index (κ3) is 7.32. The Bertz CT molecular complexity index is 1100. The van der Waals surface area contributed by atoms with Gasteiger partial charge in [-0.1, -0.05) is 50.2 Å². The minimum atomic E-state index is -3.73. The minimum absolute atomic E-state index is 0.0308. The fraction of sp³-hybridized carbons (Fsp3) is 0.462. The fourth-order valence-electron chi connectivity index (χ4n) is 3.73. The van der Waals surface area contributed by atoms with Crippen LogP contribution in [-0.2, 0) is 26.2 Å². The first kappa shape index (κ1) is 27.4. The van der Waals surface area contributed by atoms with Gasteiger partial charge in [-0.25, -0.2) is 8.42 Å². The number of benzene rings is 2. The molecule has 2 unspecified atom stereocenters. The molecule has 0 heterocycles. The zero-order valence-corrected chi connectivity index (χ0v) is 21.9. The van der Waals surface area contributed by atoms with Crippen molar-refractivity contribution in [3.05, 3.63) is 65.2 Å². The number of anilines is 1. The van der Waals surface area contributed by atoms with Crippen LogP contribution in [0.3, 0.4) is 0 Å². The topological polar surface area (TPSA) is 86.8 Å². The monoisotopic (exact) mass is 487 g/mol. The molecule has 2 aromatic carbocycles. The Hall–Kier alpha value is -2.87. The Morgan fingerprint density at radius 2 is 1.68 bits per heavy atom. The molecule has 7 nitrogen and oxygen atoms in total. The van der Waals surface area contributed by atoms with E-state index in [1.54, 1.807) is 18.2 Å². The largest absolute Gasteiger partial charge is 0.352 e. The standard InChI is InChI=1S/C26H37N3O4S/c1-7-21(5)27-26(31)24(8-2)28(17-22-14-10-9-13-20(22)4)25(30)18-29(34(6,32)33)23-15-11-12-19(3)16-23/h9-16,21,24H,7-8,17-18H2,1-6H3,(H,27,31). The number of nitrogens with one attached hydrogen (secondary N) is 1. The van der Waals surface area contributed by atoms with Gasteiger partial charge >= 0.3 is 0 Å². The Labute approximate surface area is 204 Å². The highest BCUT2D eigenvalue weighted by Crippen LogP contribution is 2.21. The highest BCUT2D eigenvalue weighted by molar-refractivity contribution is 7.92. The lowest BCUT2D eigenvalue weighted by Gasteiger charge is -2.33. The number of hydrogen-bond donors (Lipinski definition) is 1. The molecule has 186 valence electrons. The second kappa shape index (κ2) is 12.0. The molecule has 0 fully saturated rings. The van der Waals surface area contributed by atoms with E-state index >= 15 is 0 Å². The molecule has 0 radical (unpaired) electrons. The van der Waals surface area contributed by atoms with Gasteiger partial charge in [0.15, 0.2) is 0 Å². The second-order valence-corrected chi connectivity index (χ2v) is 10.7. The summed E-state index contributed by atoms with van der Waals surface area (Å²) in [5.74, 6) is -0.665. The van der Waals surface area contributed by atoms with Crippen LogP contribution in [0.4, 0.5) is 5.69 Å². The first-order valence-electron chi connectivity index (χ1n) is 11.7. The molecule has 0 aliphatic carbocycles. The van der Waals surface area contributed by atoms with Crippen LogP contribution in [0.15, 0.2) is 48.5 Å². The Morgan fingerprint density at radius 3 is 2.24 bits per heavy atom. The molecular weight excluding hydrogens is 450 g/mol. The number of aryl methyl sites for hydroxylation is 2. The van der Waals surface area contributed by atoms with Gasteiger partial charge in [-0.05, 0) is 62.4 Å². The van der Waals surface area contributed by atoms with E-state index in [-0.39, 0.29) is 25.0 Å². The summed E-state index contributed by atoms with van der Waals surface area (Å²) in [5.41, 5.74) is 3.21. The van der Waals surface area contributed by atoms with Crippen molar-refractivity contribution in [3.63, 3.8) is 0 Å². The average molecular weight is 488 g/mol. The van der Waals surface area contributed by atoms with Crippen molar-refractivity contribution in [3.8, 4) is 0 Å². The van der Waals surface area contributed by atoms with E-state index < -0.39 is 22.0 Å². The van der Waals surface area contributed by atoms with Gasteiger partial charge in [-0.2, -0.15) is 0 Å². The molecular formula is C26H37N3O4S. The summed E-state index contributed by atoms with van der Waals surface area (Å²) in [4.78, 5) is 28.3. The van der Waals surface area contributed by atoms with Gasteiger partial charge in [0, 0.05) is 12.6 Å². The molecule has 2 atom stereocenters. The van der Waals surface area contributed by atoms with Gasteiger partial charge in [-0.15, -0.1) is 0 Å². The lowest BCUT2D eigenvalue weighted by atomic mass is 10.1. The molecule has 2 aromatic rings. The molecule has 1 N–H and O–H groups in total. The van der Waals surface area contributed by atoms with Gasteiger partial charge in [0.05, 0.1) is 11.9 Å². The first-order valence-corrected chi connectivity index (χ1v) is 13.5. The zero-order valence-electron chi connectivity index (χ0n) is 21.0. The molecule has 0 saturated heterocycles. The van der Waals surface area contributed by atoms with Gasteiger partial charge < -0.3 is 10.2 Å². The number of carbonyl (C=O) groups is 2. The van der Waals surface area contributed by atoms with Crippen molar-refractivity contribution in [1.82, 2.24) is 10.2 Å². The van der Waals surface area contributed by atoms with E-state index in [4.69, 9.17) is 0 Å². The van der Waals surface area contributed by atoms with Crippen molar-refractivity contribution in [2.45, 2.75) is 66.1 Å². The van der Waals surface area contributed by atoms with Crippen molar-refractivity contribution >= 4 is 27.5 Å². The maximum absolute atomic E-state index is 13.7. The van der Waals surface area contributed by atoms with E-state index in [0.717, 1.165) is 33.7 Å². The lowest BCUT2D eigenvalue weighted by molar-refractivity contribution is -0.140. The van der Waals surface area contributed by atoms with Gasteiger partial charge in [0.2, 0.25) is 21.8 Å². The fourth-order valence-corrected chi connectivity index (χ4v) is 4.57. The number of hydrogen-bond acceptors (Lipinski definition) is 4. The molecule has 34 heavy (non-hydrogen) atoms. The molecule has 0 saturated carbocycles. The van der Waals surface area contributed by atoms with E-state index in [1.165, 1.54) is 4.90 Å². The van der Waals surface area contributed by atoms with Crippen LogP contribution in [0.25, 0.3) is 0 Å². The summed E-state index contributed by atoms with van der Waals surface area (Å²) < 4.78 is 26.4. The maximum atomic E-state index is 13.7. The lowest BCUT2D eigenvalue weighted by Crippen LogP contribution is -2.53. The Kier molecular flexibility index (Phi) is 9.67. The van der Waals surface area contributed by atoms with Crippen LogP contribution in [0, 0.1) is 13.8 Å². The minimum Gasteiger partial charge on any atom is -0.352 e. The summed E-state index contributed by atoms with van der Waals surface area (Å²) in [5, 5.41) is 2.97. The predicted octanol–water partition coefficient (Wildman–Crippen LogP) is 3.79. The van der Waals surface area contributed by atoms with E-state index in [9.17, 15) is 18.0 Å². The third-order valence-corrected chi connectivity index (χ3v) is 7.10. The Morgan fingerprint density at radius 1 is 1.00 bits per heavy atom. The zero-order chi connectivity index (χ0) is 25.5. The highest BCUT2D eigenvalue weighted by atomic mass is 32.2. The number of carbonyl (C=O) groups excluding carboxylic acids is 2. The summed E-state index contributed by atoms with van der Waals surface area (Å²) in [6.07, 6.45) is 2.26. The van der Waals surface area contributed by atoms with Crippen LogP contribution >= 0.6 is 0 Å². The number of rotatable bonds is 11. The van der Waals surface area contributed by atoms with Crippen molar-refractivity contribution in [2.24, 2.45) is 0 Å². The van der Waals surface area contributed by atoms with E-state index in [2.05, 4.69) is 5.32 Å². The van der Waals surface area contributed by atoms with Crippen molar-refractivity contribution < 1.29 is 18.0 Å².